The number of thiazole rings is 1. The summed E-state index contributed by atoms with van der Waals surface area (Å²) in [5.41, 5.74) is 2.49. The van der Waals surface area contributed by atoms with Crippen molar-refractivity contribution >= 4 is 23.2 Å². The number of carbonyl (C=O) groups excluding carboxylic acids is 2. The number of nitrogens with one attached hydrogen (secondary N) is 2. The third-order valence-electron chi connectivity index (χ3n) is 3.33. The van der Waals surface area contributed by atoms with E-state index in [1.807, 2.05) is 38.1 Å². The van der Waals surface area contributed by atoms with Gasteiger partial charge in [0.25, 0.3) is 5.91 Å². The van der Waals surface area contributed by atoms with Gasteiger partial charge in [-0.1, -0.05) is 36.8 Å². The van der Waals surface area contributed by atoms with E-state index in [1.54, 1.807) is 12.3 Å². The summed E-state index contributed by atoms with van der Waals surface area (Å²) in [6, 6.07) is 7.40. The third kappa shape index (κ3) is 4.63. The van der Waals surface area contributed by atoms with Crippen LogP contribution in [0.1, 0.15) is 36.3 Å². The fraction of sp³-hybridized carbons (Fsp3) is 0.353. The van der Waals surface area contributed by atoms with E-state index in [2.05, 4.69) is 15.6 Å². The maximum Gasteiger partial charge on any atom is 0.271 e. The lowest BCUT2D eigenvalue weighted by atomic mass is 10.2. The van der Waals surface area contributed by atoms with Gasteiger partial charge >= 0.3 is 0 Å². The summed E-state index contributed by atoms with van der Waals surface area (Å²) >= 11 is 1.41. The topological polar surface area (TPSA) is 71.1 Å². The van der Waals surface area contributed by atoms with E-state index in [0.717, 1.165) is 17.0 Å². The Balaban J connectivity index is 2.01. The smallest absolute Gasteiger partial charge is 0.271 e. The highest BCUT2D eigenvalue weighted by Gasteiger charge is 2.18. The zero-order valence-electron chi connectivity index (χ0n) is 13.6. The van der Waals surface area contributed by atoms with Crippen LogP contribution >= 0.6 is 11.3 Å². The molecule has 2 amide bonds. The second kappa shape index (κ2) is 7.87. The molecule has 1 atom stereocenters. The fourth-order valence-corrected chi connectivity index (χ4v) is 2.75. The highest BCUT2D eigenvalue weighted by molar-refractivity contribution is 7.13. The number of rotatable bonds is 6. The van der Waals surface area contributed by atoms with E-state index in [1.165, 1.54) is 16.9 Å². The Morgan fingerprint density at radius 3 is 2.61 bits per heavy atom. The Morgan fingerprint density at radius 1 is 1.26 bits per heavy atom. The van der Waals surface area contributed by atoms with Crippen molar-refractivity contribution in [2.45, 2.75) is 33.2 Å². The van der Waals surface area contributed by atoms with Crippen molar-refractivity contribution in [2.75, 3.05) is 6.54 Å². The van der Waals surface area contributed by atoms with Crippen molar-refractivity contribution in [2.24, 2.45) is 0 Å². The van der Waals surface area contributed by atoms with Gasteiger partial charge in [-0.3, -0.25) is 9.59 Å². The number of aryl methyl sites for hydroxylation is 1. The number of amides is 2. The number of aromatic nitrogens is 1. The van der Waals surface area contributed by atoms with Gasteiger partial charge in [0.2, 0.25) is 5.91 Å². The summed E-state index contributed by atoms with van der Waals surface area (Å²) < 4.78 is 0. The average Bonchev–Trinajstić information content (AvgIpc) is 3.03. The minimum Gasteiger partial charge on any atom is -0.354 e. The Labute approximate surface area is 140 Å². The molecule has 0 aliphatic heterocycles. The van der Waals surface area contributed by atoms with Crippen molar-refractivity contribution in [3.63, 3.8) is 0 Å². The van der Waals surface area contributed by atoms with Crippen molar-refractivity contribution in [1.29, 1.82) is 0 Å². The van der Waals surface area contributed by atoms with Crippen LogP contribution < -0.4 is 10.6 Å². The fourth-order valence-electron chi connectivity index (χ4n) is 1.94. The molecule has 2 aromatic rings. The second-order valence-corrected chi connectivity index (χ2v) is 6.25. The van der Waals surface area contributed by atoms with E-state index in [0.29, 0.717) is 12.2 Å². The lowest BCUT2D eigenvalue weighted by Crippen LogP contribution is -2.45. The first kappa shape index (κ1) is 17.1. The summed E-state index contributed by atoms with van der Waals surface area (Å²) in [6.45, 7) is 6.27. The molecule has 0 aliphatic carbocycles. The molecule has 1 unspecified atom stereocenters. The number of carbonyl (C=O) groups is 2. The zero-order valence-corrected chi connectivity index (χ0v) is 14.4. The Hall–Kier alpha value is -2.21. The van der Waals surface area contributed by atoms with Crippen LogP contribution in [0.5, 0.6) is 0 Å². The zero-order chi connectivity index (χ0) is 16.8. The average molecular weight is 331 g/mol. The maximum atomic E-state index is 12.2. The van der Waals surface area contributed by atoms with Gasteiger partial charge in [-0.2, -0.15) is 0 Å². The van der Waals surface area contributed by atoms with Gasteiger partial charge in [0, 0.05) is 17.5 Å². The highest BCUT2D eigenvalue weighted by Crippen LogP contribution is 2.23. The quantitative estimate of drug-likeness (QED) is 0.855. The standard InChI is InChI=1S/C17H21N3O2S/c1-4-9-18-15(21)12(3)19-16(22)14-10-23-17(20-14)13-7-5-11(2)6-8-13/h5-8,10,12H,4,9H2,1-3H3,(H,18,21)(H,19,22). The molecule has 0 bridgehead atoms. The molecule has 6 heteroatoms. The Bertz CT molecular complexity index is 679. The summed E-state index contributed by atoms with van der Waals surface area (Å²) in [5.74, 6) is -0.520. The number of hydrogen-bond donors (Lipinski definition) is 2. The molecule has 0 radical (unpaired) electrons. The van der Waals surface area contributed by atoms with E-state index >= 15 is 0 Å². The Morgan fingerprint density at radius 2 is 1.96 bits per heavy atom. The van der Waals surface area contributed by atoms with Crippen LogP contribution in [0, 0.1) is 6.92 Å². The summed E-state index contributed by atoms with van der Waals surface area (Å²) in [5, 5.41) is 7.93. The molecule has 1 heterocycles. The predicted molar refractivity (Wildman–Crippen MR) is 92.5 cm³/mol. The van der Waals surface area contributed by atoms with Crippen LogP contribution in [0.2, 0.25) is 0 Å². The van der Waals surface area contributed by atoms with Crippen molar-refractivity contribution in [3.05, 3.63) is 40.9 Å². The van der Waals surface area contributed by atoms with E-state index < -0.39 is 6.04 Å². The van der Waals surface area contributed by atoms with Crippen LogP contribution in [0.3, 0.4) is 0 Å². The highest BCUT2D eigenvalue weighted by atomic mass is 32.1. The molecule has 23 heavy (non-hydrogen) atoms. The second-order valence-electron chi connectivity index (χ2n) is 5.39. The van der Waals surface area contributed by atoms with E-state index in [4.69, 9.17) is 0 Å². The number of benzene rings is 1. The van der Waals surface area contributed by atoms with Crippen LogP contribution in [0.4, 0.5) is 0 Å². The first-order valence-corrected chi connectivity index (χ1v) is 8.50. The molecular weight excluding hydrogens is 310 g/mol. The van der Waals surface area contributed by atoms with Gasteiger partial charge in [-0.05, 0) is 20.3 Å². The minimum absolute atomic E-state index is 0.186. The van der Waals surface area contributed by atoms with Gasteiger partial charge in [0.1, 0.15) is 16.7 Å². The number of nitrogens with zero attached hydrogens (tertiary/aromatic N) is 1. The molecule has 2 rings (SSSR count). The van der Waals surface area contributed by atoms with Gasteiger partial charge in [0.05, 0.1) is 0 Å². The minimum atomic E-state index is -0.585. The molecule has 0 saturated heterocycles. The van der Waals surface area contributed by atoms with Gasteiger partial charge in [0.15, 0.2) is 0 Å². The predicted octanol–water partition coefficient (Wildman–Crippen LogP) is 2.76. The SMILES string of the molecule is CCCNC(=O)C(C)NC(=O)c1csc(-c2ccc(C)cc2)n1. The normalized spacial score (nSPS) is 11.8. The molecule has 122 valence electrons. The summed E-state index contributed by atoms with van der Waals surface area (Å²) in [4.78, 5) is 28.3. The van der Waals surface area contributed by atoms with Crippen molar-refractivity contribution in [3.8, 4) is 10.6 Å². The van der Waals surface area contributed by atoms with Gasteiger partial charge in [-0.25, -0.2) is 4.98 Å². The Kier molecular flexibility index (Phi) is 5.87. The van der Waals surface area contributed by atoms with Crippen molar-refractivity contribution < 1.29 is 9.59 Å². The molecule has 5 nitrogen and oxygen atoms in total. The lowest BCUT2D eigenvalue weighted by Gasteiger charge is -2.12. The van der Waals surface area contributed by atoms with Crippen LogP contribution in [0.25, 0.3) is 10.6 Å². The van der Waals surface area contributed by atoms with Gasteiger partial charge in [-0.15, -0.1) is 11.3 Å². The van der Waals surface area contributed by atoms with Crippen LogP contribution in [-0.4, -0.2) is 29.4 Å². The molecule has 0 saturated carbocycles. The third-order valence-corrected chi connectivity index (χ3v) is 4.22. The first-order chi connectivity index (χ1) is 11.0. The van der Waals surface area contributed by atoms with Crippen LogP contribution in [-0.2, 0) is 4.79 Å². The van der Waals surface area contributed by atoms with E-state index in [9.17, 15) is 9.59 Å². The molecular formula is C17H21N3O2S. The maximum absolute atomic E-state index is 12.2. The number of hydrogen-bond acceptors (Lipinski definition) is 4. The van der Waals surface area contributed by atoms with Crippen molar-refractivity contribution in [1.82, 2.24) is 15.6 Å². The first-order valence-electron chi connectivity index (χ1n) is 7.62. The molecule has 2 N–H and O–H groups in total. The summed E-state index contributed by atoms with van der Waals surface area (Å²) in [7, 11) is 0. The molecule has 1 aromatic heterocycles. The van der Waals surface area contributed by atoms with Gasteiger partial charge < -0.3 is 10.6 Å². The summed E-state index contributed by atoms with van der Waals surface area (Å²) in [6.07, 6.45) is 0.860. The molecule has 0 fully saturated rings. The van der Waals surface area contributed by atoms with E-state index in [-0.39, 0.29) is 11.8 Å². The molecule has 0 aliphatic rings. The molecule has 1 aromatic carbocycles. The largest absolute Gasteiger partial charge is 0.354 e. The van der Waals surface area contributed by atoms with Crippen LogP contribution in [0.15, 0.2) is 29.6 Å². The monoisotopic (exact) mass is 331 g/mol. The molecule has 0 spiro atoms. The lowest BCUT2D eigenvalue weighted by molar-refractivity contribution is -0.122.